The van der Waals surface area contributed by atoms with Crippen molar-refractivity contribution in [3.05, 3.63) is 95.0 Å². The zero-order valence-electron chi connectivity index (χ0n) is 18.0. The molecule has 6 nitrogen and oxygen atoms in total. The second-order valence-corrected chi connectivity index (χ2v) is 7.35. The van der Waals surface area contributed by atoms with E-state index in [2.05, 4.69) is 10.2 Å². The molecule has 0 spiro atoms. The van der Waals surface area contributed by atoms with E-state index in [1.807, 2.05) is 30.3 Å². The Morgan fingerprint density at radius 1 is 0.914 bits per heavy atom. The number of para-hydroxylation sites is 1. The number of anilines is 1. The third-order valence-electron chi connectivity index (χ3n) is 4.96. The molecule has 35 heavy (non-hydrogen) atoms. The lowest BCUT2D eigenvalue weighted by Gasteiger charge is -2.20. The first kappa shape index (κ1) is 23.8. The maximum Gasteiger partial charge on any atom is 0.493 e. The van der Waals surface area contributed by atoms with E-state index < -0.39 is 23.5 Å². The van der Waals surface area contributed by atoms with Crippen LogP contribution in [0.2, 0.25) is 0 Å². The number of hydrogen-bond donors (Lipinski definition) is 1. The number of halogens is 4. The van der Waals surface area contributed by atoms with Gasteiger partial charge in [-0.25, -0.2) is 9.18 Å². The van der Waals surface area contributed by atoms with Crippen LogP contribution in [-0.4, -0.2) is 30.0 Å². The number of alkyl halides is 3. The smallest absolute Gasteiger partial charge is 0.489 e. The third-order valence-corrected chi connectivity index (χ3v) is 4.96. The molecular formula is C25H18F4N2O4. The predicted molar refractivity (Wildman–Crippen MR) is 122 cm³/mol. The molecule has 3 aromatic carbocycles. The van der Waals surface area contributed by atoms with Gasteiger partial charge in [0.05, 0.1) is 5.39 Å². The molecule has 0 aliphatic carbocycles. The normalized spacial score (nSPS) is 11.3. The van der Waals surface area contributed by atoms with E-state index >= 15 is 0 Å². The van der Waals surface area contributed by atoms with Crippen molar-refractivity contribution in [2.45, 2.75) is 6.18 Å². The minimum Gasteiger partial charge on any atom is -0.489 e. The van der Waals surface area contributed by atoms with Crippen molar-refractivity contribution in [3.8, 4) is 17.0 Å². The van der Waals surface area contributed by atoms with Crippen LogP contribution in [0.3, 0.4) is 0 Å². The Bertz CT molecular complexity index is 1400. The second-order valence-electron chi connectivity index (χ2n) is 7.35. The number of nitrogens with one attached hydrogen (secondary N) is 1. The van der Waals surface area contributed by atoms with Crippen LogP contribution in [0.25, 0.3) is 22.0 Å². The number of ether oxygens (including phenoxy) is 1. The van der Waals surface area contributed by atoms with Gasteiger partial charge >= 0.3 is 12.1 Å². The molecule has 0 radical (unpaired) electrons. The van der Waals surface area contributed by atoms with Gasteiger partial charge in [-0.3, -0.25) is 4.79 Å². The standard InChI is InChI=1S/C25H18F4N2O4/c26-17-11-12-19-20(15-17)23(32)31(35-24(33)25(27,28)29)21(16-7-3-1-4-8-16)22(19)34-14-13-30-18-9-5-2-6-10-18/h1-12,15,30H,13-14H2. The molecule has 0 saturated carbocycles. The maximum absolute atomic E-state index is 14.0. The summed E-state index contributed by atoms with van der Waals surface area (Å²) in [6.07, 6.45) is -5.37. The van der Waals surface area contributed by atoms with Crippen LogP contribution in [-0.2, 0) is 4.79 Å². The van der Waals surface area contributed by atoms with Crippen LogP contribution in [0.4, 0.5) is 23.2 Å². The number of benzene rings is 3. The molecule has 0 aliphatic rings. The minimum absolute atomic E-state index is 0.0205. The number of hydrogen-bond acceptors (Lipinski definition) is 5. The molecule has 1 heterocycles. The zero-order chi connectivity index (χ0) is 25.0. The fraction of sp³-hybridized carbons (Fsp3) is 0.120. The Balaban J connectivity index is 1.84. The maximum atomic E-state index is 14.0. The number of pyridine rings is 1. The number of carbonyl (C=O) groups excluding carboxylic acids is 1. The van der Waals surface area contributed by atoms with Crippen LogP contribution in [0.5, 0.6) is 5.75 Å². The van der Waals surface area contributed by atoms with Gasteiger partial charge in [-0.15, -0.1) is 4.73 Å². The number of rotatable bonds is 7. The van der Waals surface area contributed by atoms with Gasteiger partial charge in [0.25, 0.3) is 5.56 Å². The van der Waals surface area contributed by atoms with Gasteiger partial charge in [-0.2, -0.15) is 13.2 Å². The van der Waals surface area contributed by atoms with E-state index in [4.69, 9.17) is 4.74 Å². The minimum atomic E-state index is -5.37. The van der Waals surface area contributed by atoms with Crippen LogP contribution < -0.4 is 20.5 Å². The van der Waals surface area contributed by atoms with Crippen LogP contribution >= 0.6 is 0 Å². The first-order valence-electron chi connectivity index (χ1n) is 10.4. The van der Waals surface area contributed by atoms with Gasteiger partial charge < -0.3 is 14.9 Å². The first-order valence-corrected chi connectivity index (χ1v) is 10.4. The fourth-order valence-electron chi connectivity index (χ4n) is 3.44. The molecule has 0 atom stereocenters. The molecule has 180 valence electrons. The van der Waals surface area contributed by atoms with Crippen LogP contribution in [0.1, 0.15) is 0 Å². The Kier molecular flexibility index (Phi) is 6.72. The summed E-state index contributed by atoms with van der Waals surface area (Å²) in [6, 6.07) is 20.3. The monoisotopic (exact) mass is 486 g/mol. The van der Waals surface area contributed by atoms with Crippen molar-refractivity contribution in [1.29, 1.82) is 0 Å². The Morgan fingerprint density at radius 2 is 1.57 bits per heavy atom. The highest BCUT2D eigenvalue weighted by Gasteiger charge is 2.43. The van der Waals surface area contributed by atoms with E-state index in [9.17, 15) is 27.2 Å². The van der Waals surface area contributed by atoms with E-state index in [1.54, 1.807) is 18.2 Å². The van der Waals surface area contributed by atoms with Gasteiger partial charge in [0, 0.05) is 23.2 Å². The lowest BCUT2D eigenvalue weighted by Crippen LogP contribution is -2.39. The summed E-state index contributed by atoms with van der Waals surface area (Å²) >= 11 is 0. The molecule has 10 heteroatoms. The lowest BCUT2D eigenvalue weighted by molar-refractivity contribution is -0.200. The van der Waals surface area contributed by atoms with Crippen molar-refractivity contribution < 1.29 is 31.9 Å². The van der Waals surface area contributed by atoms with E-state index in [0.29, 0.717) is 6.54 Å². The molecule has 0 amide bonds. The van der Waals surface area contributed by atoms with Crippen molar-refractivity contribution >= 4 is 22.4 Å². The molecule has 0 fully saturated rings. The summed E-state index contributed by atoms with van der Waals surface area (Å²) in [5, 5.41) is 2.96. The molecule has 0 saturated heterocycles. The second kappa shape index (κ2) is 9.88. The summed E-state index contributed by atoms with van der Waals surface area (Å²) in [7, 11) is 0. The number of aromatic nitrogens is 1. The Morgan fingerprint density at radius 3 is 2.23 bits per heavy atom. The van der Waals surface area contributed by atoms with Crippen LogP contribution in [0, 0.1) is 5.82 Å². The van der Waals surface area contributed by atoms with Gasteiger partial charge in [0.15, 0.2) is 5.75 Å². The SMILES string of the molecule is O=C(On1c(-c2ccccc2)c(OCCNc2ccccc2)c2ccc(F)cc2c1=O)C(F)(F)F. The van der Waals surface area contributed by atoms with Crippen molar-refractivity contribution in [2.75, 3.05) is 18.5 Å². The summed E-state index contributed by atoms with van der Waals surface area (Å²) in [6.45, 7) is 0.315. The molecule has 4 rings (SSSR count). The largest absolute Gasteiger partial charge is 0.493 e. The highest BCUT2D eigenvalue weighted by Crippen LogP contribution is 2.35. The number of fused-ring (bicyclic) bond motifs is 1. The van der Waals surface area contributed by atoms with Crippen LogP contribution in [0.15, 0.2) is 83.7 Å². The van der Waals surface area contributed by atoms with Gasteiger partial charge in [0.2, 0.25) is 0 Å². The quantitative estimate of drug-likeness (QED) is 0.300. The molecule has 1 N–H and O–H groups in total. The summed E-state index contributed by atoms with van der Waals surface area (Å²) in [5.41, 5.74) is -0.301. The van der Waals surface area contributed by atoms with E-state index in [0.717, 1.165) is 17.8 Å². The number of nitrogens with zero attached hydrogens (tertiary/aromatic N) is 1. The summed E-state index contributed by atoms with van der Waals surface area (Å²) < 4.78 is 59.1. The first-order chi connectivity index (χ1) is 16.8. The van der Waals surface area contributed by atoms with Gasteiger partial charge in [-0.1, -0.05) is 48.5 Å². The number of carbonyl (C=O) groups is 1. The highest BCUT2D eigenvalue weighted by atomic mass is 19.4. The van der Waals surface area contributed by atoms with E-state index in [1.165, 1.54) is 18.2 Å². The highest BCUT2D eigenvalue weighted by molar-refractivity contribution is 5.93. The summed E-state index contributed by atoms with van der Waals surface area (Å²) in [4.78, 5) is 29.2. The predicted octanol–water partition coefficient (Wildman–Crippen LogP) is 4.82. The van der Waals surface area contributed by atoms with Crippen molar-refractivity contribution in [2.24, 2.45) is 0 Å². The average molecular weight is 486 g/mol. The van der Waals surface area contributed by atoms with E-state index in [-0.39, 0.29) is 39.1 Å². The van der Waals surface area contributed by atoms with Crippen molar-refractivity contribution in [3.63, 3.8) is 0 Å². The third kappa shape index (κ3) is 5.26. The zero-order valence-corrected chi connectivity index (χ0v) is 18.0. The lowest BCUT2D eigenvalue weighted by atomic mass is 10.1. The summed E-state index contributed by atoms with van der Waals surface area (Å²) in [5.74, 6) is -3.45. The molecule has 0 unspecified atom stereocenters. The molecule has 4 aromatic rings. The van der Waals surface area contributed by atoms with Gasteiger partial charge in [0.1, 0.15) is 18.1 Å². The Hall–Kier alpha value is -4.34. The Labute approximate surface area is 196 Å². The average Bonchev–Trinajstić information content (AvgIpc) is 2.84. The molecule has 1 aromatic heterocycles. The molecule has 0 bridgehead atoms. The molecular weight excluding hydrogens is 468 g/mol. The van der Waals surface area contributed by atoms with Gasteiger partial charge in [-0.05, 0) is 30.3 Å². The fourth-order valence-corrected chi connectivity index (χ4v) is 3.44. The van der Waals surface area contributed by atoms with Crippen molar-refractivity contribution in [1.82, 2.24) is 4.73 Å². The molecule has 0 aliphatic heterocycles. The topological polar surface area (TPSA) is 69.6 Å².